The van der Waals surface area contributed by atoms with Gasteiger partial charge >= 0.3 is 0 Å². The molecule has 0 aliphatic rings. The van der Waals surface area contributed by atoms with Crippen molar-refractivity contribution in [2.45, 2.75) is 26.9 Å². The fourth-order valence-electron chi connectivity index (χ4n) is 3.25. The lowest BCUT2D eigenvalue weighted by Gasteiger charge is -2.16. The van der Waals surface area contributed by atoms with Gasteiger partial charge in [-0.1, -0.05) is 18.2 Å². The number of halogens is 2. The van der Waals surface area contributed by atoms with Crippen LogP contribution in [-0.4, -0.2) is 42.9 Å². The third kappa shape index (κ3) is 7.43. The van der Waals surface area contributed by atoms with Crippen LogP contribution in [0.4, 0.5) is 4.39 Å². The molecule has 0 aliphatic heterocycles. The summed E-state index contributed by atoms with van der Waals surface area (Å²) in [5, 5.41) is 6.51. The lowest BCUT2D eigenvalue weighted by atomic mass is 10.1. The standard InChI is InChI=1S/C24H30FN5O2.HI/c1-17-5-7-20(23(13-17)32-12-11-31-4)16-29-24(26-3)28-15-19-6-8-22(21(25)14-19)30-10-9-27-18(30)2;/h5-10,13-14H,11-12,15-16H2,1-4H3,(H2,26,28,29);1H. The van der Waals surface area contributed by atoms with Gasteiger partial charge in [0.15, 0.2) is 5.96 Å². The topological polar surface area (TPSA) is 72.7 Å². The first-order valence-electron chi connectivity index (χ1n) is 10.5. The fourth-order valence-corrected chi connectivity index (χ4v) is 3.25. The van der Waals surface area contributed by atoms with Gasteiger partial charge in [-0.15, -0.1) is 24.0 Å². The number of benzene rings is 2. The Morgan fingerprint density at radius 1 is 1.09 bits per heavy atom. The van der Waals surface area contributed by atoms with Gasteiger partial charge in [0, 0.05) is 45.2 Å². The number of methoxy groups -OCH3 is 1. The van der Waals surface area contributed by atoms with Crippen molar-refractivity contribution in [1.82, 2.24) is 20.2 Å². The Balaban J connectivity index is 0.00000385. The zero-order chi connectivity index (χ0) is 22.9. The maximum absolute atomic E-state index is 14.6. The van der Waals surface area contributed by atoms with Crippen LogP contribution in [0.3, 0.4) is 0 Å². The number of nitrogens with zero attached hydrogens (tertiary/aromatic N) is 3. The van der Waals surface area contributed by atoms with Crippen LogP contribution >= 0.6 is 24.0 Å². The average Bonchev–Trinajstić information content (AvgIpc) is 3.20. The van der Waals surface area contributed by atoms with E-state index in [1.807, 2.05) is 38.1 Å². The fraction of sp³-hybridized carbons (Fsp3) is 0.333. The first kappa shape index (κ1) is 26.6. The lowest BCUT2D eigenvalue weighted by molar-refractivity contribution is 0.145. The lowest BCUT2D eigenvalue weighted by Crippen LogP contribution is -2.36. The Kier molecular flexibility index (Phi) is 10.6. The summed E-state index contributed by atoms with van der Waals surface area (Å²) in [5.41, 5.74) is 3.43. The van der Waals surface area contributed by atoms with Crippen LogP contribution in [-0.2, 0) is 17.8 Å². The highest BCUT2D eigenvalue weighted by atomic mass is 127. The van der Waals surface area contributed by atoms with E-state index in [9.17, 15) is 4.39 Å². The summed E-state index contributed by atoms with van der Waals surface area (Å²) in [6.45, 7) is 5.85. The molecule has 2 aromatic carbocycles. The van der Waals surface area contributed by atoms with Crippen molar-refractivity contribution in [3.8, 4) is 11.4 Å². The summed E-state index contributed by atoms with van der Waals surface area (Å²) >= 11 is 0. The van der Waals surface area contributed by atoms with Crippen LogP contribution in [0.5, 0.6) is 5.75 Å². The quantitative estimate of drug-likeness (QED) is 0.176. The van der Waals surface area contributed by atoms with Gasteiger partial charge in [-0.25, -0.2) is 9.37 Å². The van der Waals surface area contributed by atoms with E-state index >= 15 is 0 Å². The highest BCUT2D eigenvalue weighted by Gasteiger charge is 2.09. The van der Waals surface area contributed by atoms with Crippen molar-refractivity contribution in [3.05, 3.63) is 77.1 Å². The predicted octanol–water partition coefficient (Wildman–Crippen LogP) is 4.14. The van der Waals surface area contributed by atoms with E-state index in [0.29, 0.717) is 38.0 Å². The number of hydrogen-bond acceptors (Lipinski definition) is 4. The number of guanidine groups is 1. The normalized spacial score (nSPS) is 11.1. The summed E-state index contributed by atoms with van der Waals surface area (Å²) in [6.07, 6.45) is 3.40. The second-order valence-electron chi connectivity index (χ2n) is 7.36. The Bertz CT molecular complexity index is 1070. The first-order valence-corrected chi connectivity index (χ1v) is 10.5. The number of hydrogen-bond donors (Lipinski definition) is 2. The number of nitrogens with one attached hydrogen (secondary N) is 2. The molecule has 0 fully saturated rings. The molecule has 0 unspecified atom stereocenters. The molecule has 0 spiro atoms. The summed E-state index contributed by atoms with van der Waals surface area (Å²) in [4.78, 5) is 8.41. The molecule has 1 heterocycles. The zero-order valence-corrected chi connectivity index (χ0v) is 21.7. The van der Waals surface area contributed by atoms with E-state index in [4.69, 9.17) is 9.47 Å². The average molecular weight is 567 g/mol. The van der Waals surface area contributed by atoms with E-state index in [1.165, 1.54) is 6.07 Å². The van der Waals surface area contributed by atoms with Gasteiger partial charge in [0.1, 0.15) is 24.0 Å². The van der Waals surface area contributed by atoms with Crippen LogP contribution in [0, 0.1) is 19.7 Å². The Morgan fingerprint density at radius 2 is 1.88 bits per heavy atom. The smallest absolute Gasteiger partial charge is 0.191 e. The summed E-state index contributed by atoms with van der Waals surface area (Å²) in [7, 11) is 3.35. The minimum absolute atomic E-state index is 0. The molecule has 0 radical (unpaired) electrons. The van der Waals surface area contributed by atoms with Crippen LogP contribution in [0.15, 0.2) is 53.8 Å². The molecule has 7 nitrogen and oxygen atoms in total. The molecular weight excluding hydrogens is 536 g/mol. The van der Waals surface area contributed by atoms with Crippen molar-refractivity contribution in [2.75, 3.05) is 27.4 Å². The molecule has 9 heteroatoms. The largest absolute Gasteiger partial charge is 0.491 e. The van der Waals surface area contributed by atoms with Crippen molar-refractivity contribution in [2.24, 2.45) is 4.99 Å². The minimum Gasteiger partial charge on any atom is -0.491 e. The van der Waals surface area contributed by atoms with Crippen LogP contribution < -0.4 is 15.4 Å². The minimum atomic E-state index is -0.300. The molecule has 33 heavy (non-hydrogen) atoms. The molecular formula is C24H31FIN5O2. The summed E-state index contributed by atoms with van der Waals surface area (Å²) < 4.78 is 27.3. The van der Waals surface area contributed by atoms with Crippen LogP contribution in [0.2, 0.25) is 0 Å². The molecule has 0 aliphatic carbocycles. The molecule has 0 bridgehead atoms. The molecule has 0 saturated carbocycles. The first-order chi connectivity index (χ1) is 15.5. The van der Waals surface area contributed by atoms with Gasteiger partial charge in [-0.05, 0) is 43.2 Å². The molecule has 0 atom stereocenters. The number of aromatic nitrogens is 2. The molecule has 3 rings (SSSR count). The van der Waals surface area contributed by atoms with E-state index in [0.717, 1.165) is 28.3 Å². The highest BCUT2D eigenvalue weighted by Crippen LogP contribution is 2.20. The van der Waals surface area contributed by atoms with Crippen molar-refractivity contribution in [3.63, 3.8) is 0 Å². The van der Waals surface area contributed by atoms with Gasteiger partial charge in [0.25, 0.3) is 0 Å². The van der Waals surface area contributed by atoms with Gasteiger partial charge in [0.05, 0.1) is 12.3 Å². The maximum atomic E-state index is 14.6. The van der Waals surface area contributed by atoms with E-state index < -0.39 is 0 Å². The number of imidazole rings is 1. The summed E-state index contributed by atoms with van der Waals surface area (Å²) in [6, 6.07) is 11.3. The molecule has 1 aromatic heterocycles. The third-order valence-electron chi connectivity index (χ3n) is 4.99. The van der Waals surface area contributed by atoms with Crippen molar-refractivity contribution < 1.29 is 13.9 Å². The van der Waals surface area contributed by atoms with Gasteiger partial charge < -0.3 is 24.7 Å². The van der Waals surface area contributed by atoms with Crippen molar-refractivity contribution in [1.29, 1.82) is 0 Å². The maximum Gasteiger partial charge on any atom is 0.191 e. The second kappa shape index (κ2) is 13.1. The van der Waals surface area contributed by atoms with Crippen LogP contribution in [0.25, 0.3) is 5.69 Å². The van der Waals surface area contributed by atoms with Gasteiger partial charge in [0.2, 0.25) is 0 Å². The number of aryl methyl sites for hydroxylation is 2. The number of rotatable bonds is 9. The zero-order valence-electron chi connectivity index (χ0n) is 19.4. The van der Waals surface area contributed by atoms with E-state index in [-0.39, 0.29) is 29.8 Å². The Hall–Kier alpha value is -2.66. The molecule has 3 aromatic rings. The van der Waals surface area contributed by atoms with E-state index in [1.54, 1.807) is 37.2 Å². The molecule has 0 amide bonds. The van der Waals surface area contributed by atoms with Crippen molar-refractivity contribution >= 4 is 29.9 Å². The second-order valence-corrected chi connectivity index (χ2v) is 7.36. The third-order valence-corrected chi connectivity index (χ3v) is 4.99. The van der Waals surface area contributed by atoms with E-state index in [2.05, 4.69) is 20.6 Å². The van der Waals surface area contributed by atoms with Gasteiger partial charge in [-0.3, -0.25) is 4.99 Å². The van der Waals surface area contributed by atoms with Crippen LogP contribution in [0.1, 0.15) is 22.5 Å². The Morgan fingerprint density at radius 3 is 2.55 bits per heavy atom. The van der Waals surface area contributed by atoms with Gasteiger partial charge in [-0.2, -0.15) is 0 Å². The molecule has 0 saturated heterocycles. The number of ether oxygens (including phenoxy) is 2. The summed E-state index contributed by atoms with van der Waals surface area (Å²) in [5.74, 6) is 1.87. The monoisotopic (exact) mass is 567 g/mol. The predicted molar refractivity (Wildman–Crippen MR) is 139 cm³/mol. The number of aliphatic imine (C=N–C) groups is 1. The SMILES string of the molecule is CN=C(NCc1ccc(-n2ccnc2C)c(F)c1)NCc1ccc(C)cc1OCCOC.I. The molecule has 178 valence electrons. The molecule has 2 N–H and O–H groups in total. The highest BCUT2D eigenvalue weighted by molar-refractivity contribution is 14.0. The Labute approximate surface area is 211 Å².